The van der Waals surface area contributed by atoms with Crippen molar-refractivity contribution < 1.29 is 4.39 Å². The molecule has 0 unspecified atom stereocenters. The molecular formula is C12H11FN4S. The lowest BCUT2D eigenvalue weighted by Crippen LogP contribution is -1.96. The van der Waals surface area contributed by atoms with E-state index in [9.17, 15) is 4.39 Å². The predicted octanol–water partition coefficient (Wildman–Crippen LogP) is 2.30. The number of rotatable bonds is 3. The molecule has 1 aromatic carbocycles. The van der Waals surface area contributed by atoms with Crippen LogP contribution in [0.5, 0.6) is 0 Å². The molecule has 0 aliphatic carbocycles. The fourth-order valence-electron chi connectivity index (χ4n) is 1.76. The molecule has 0 saturated carbocycles. The van der Waals surface area contributed by atoms with Gasteiger partial charge in [-0.3, -0.25) is 0 Å². The largest absolute Gasteiger partial charge is 0.383 e. The molecule has 4 nitrogen and oxygen atoms in total. The average Bonchev–Trinajstić information content (AvgIpc) is 2.91. The van der Waals surface area contributed by atoms with Crippen molar-refractivity contribution >= 4 is 22.1 Å². The second-order valence-electron chi connectivity index (χ2n) is 4.01. The van der Waals surface area contributed by atoms with E-state index in [-0.39, 0.29) is 5.82 Å². The Hall–Kier alpha value is -1.95. The molecule has 2 N–H and O–H groups in total. The van der Waals surface area contributed by atoms with Gasteiger partial charge < -0.3 is 5.73 Å². The van der Waals surface area contributed by atoms with Crippen LogP contribution >= 0.6 is 11.3 Å². The maximum Gasteiger partial charge on any atom is 0.214 e. The van der Waals surface area contributed by atoms with Crippen LogP contribution in [0.3, 0.4) is 0 Å². The minimum atomic E-state index is -0.216. The highest BCUT2D eigenvalue weighted by atomic mass is 32.1. The lowest BCUT2D eigenvalue weighted by Gasteiger charge is -1.98. The van der Waals surface area contributed by atoms with Crippen molar-refractivity contribution in [2.75, 3.05) is 5.73 Å². The van der Waals surface area contributed by atoms with E-state index >= 15 is 0 Å². The number of aromatic nitrogens is 3. The molecule has 6 heteroatoms. The van der Waals surface area contributed by atoms with Gasteiger partial charge in [0.15, 0.2) is 5.82 Å². The van der Waals surface area contributed by atoms with E-state index in [4.69, 9.17) is 5.73 Å². The molecule has 0 radical (unpaired) electrons. The zero-order chi connectivity index (χ0) is 12.5. The maximum absolute atomic E-state index is 12.8. The van der Waals surface area contributed by atoms with Crippen molar-refractivity contribution in [2.45, 2.75) is 12.8 Å². The van der Waals surface area contributed by atoms with Crippen LogP contribution in [-0.4, -0.2) is 14.6 Å². The lowest BCUT2D eigenvalue weighted by atomic mass is 10.1. The van der Waals surface area contributed by atoms with Gasteiger partial charge in [0.2, 0.25) is 4.96 Å². The molecule has 2 aromatic heterocycles. The number of thiazole rings is 1. The summed E-state index contributed by atoms with van der Waals surface area (Å²) < 4.78 is 14.4. The number of hydrogen-bond acceptors (Lipinski definition) is 4. The van der Waals surface area contributed by atoms with Crippen molar-refractivity contribution in [1.82, 2.24) is 14.6 Å². The van der Waals surface area contributed by atoms with Gasteiger partial charge in [-0.05, 0) is 24.1 Å². The van der Waals surface area contributed by atoms with Gasteiger partial charge in [0.25, 0.3) is 0 Å². The fraction of sp³-hybridized carbons (Fsp3) is 0.167. The Labute approximate surface area is 107 Å². The van der Waals surface area contributed by atoms with Crippen LogP contribution < -0.4 is 5.73 Å². The third-order valence-electron chi connectivity index (χ3n) is 2.70. The monoisotopic (exact) mass is 262 g/mol. The van der Waals surface area contributed by atoms with Crippen LogP contribution in [0, 0.1) is 5.82 Å². The smallest absolute Gasteiger partial charge is 0.214 e. The van der Waals surface area contributed by atoms with Crippen LogP contribution in [0.1, 0.15) is 11.4 Å². The third-order valence-corrected chi connectivity index (χ3v) is 3.54. The summed E-state index contributed by atoms with van der Waals surface area (Å²) in [5, 5.41) is 6.14. The molecule has 92 valence electrons. The summed E-state index contributed by atoms with van der Waals surface area (Å²) in [5.41, 5.74) is 6.81. The van der Waals surface area contributed by atoms with E-state index in [0.29, 0.717) is 5.82 Å². The molecule has 3 rings (SSSR count). The van der Waals surface area contributed by atoms with E-state index in [1.54, 1.807) is 16.6 Å². The standard InChI is InChI=1S/C12H11FN4S/c13-9-4-1-8(2-5-9)3-6-11-15-12-17(16-11)10(14)7-18-12/h1-2,4-5,7H,3,6,14H2. The van der Waals surface area contributed by atoms with E-state index in [2.05, 4.69) is 10.1 Å². The van der Waals surface area contributed by atoms with Crippen LogP contribution in [0.4, 0.5) is 10.2 Å². The molecule has 0 saturated heterocycles. The van der Waals surface area contributed by atoms with Crippen molar-refractivity contribution in [1.29, 1.82) is 0 Å². The summed E-state index contributed by atoms with van der Waals surface area (Å²) in [4.78, 5) is 5.19. The summed E-state index contributed by atoms with van der Waals surface area (Å²) in [7, 11) is 0. The maximum atomic E-state index is 12.8. The Morgan fingerprint density at radius 3 is 2.72 bits per heavy atom. The topological polar surface area (TPSA) is 56.2 Å². The Kier molecular flexibility index (Phi) is 2.71. The number of fused-ring (bicyclic) bond motifs is 1. The first-order chi connectivity index (χ1) is 8.72. The zero-order valence-corrected chi connectivity index (χ0v) is 10.3. The Morgan fingerprint density at radius 2 is 2.00 bits per heavy atom. The summed E-state index contributed by atoms with van der Waals surface area (Å²) in [5.74, 6) is 1.15. The molecule has 0 bridgehead atoms. The second kappa shape index (κ2) is 4.38. The summed E-state index contributed by atoms with van der Waals surface area (Å²) in [6.07, 6.45) is 1.51. The number of anilines is 1. The van der Waals surface area contributed by atoms with E-state index in [0.717, 1.165) is 29.2 Å². The van der Waals surface area contributed by atoms with Gasteiger partial charge in [0.05, 0.1) is 0 Å². The Morgan fingerprint density at radius 1 is 1.22 bits per heavy atom. The molecular weight excluding hydrogens is 251 g/mol. The number of aryl methyl sites for hydroxylation is 2. The molecule has 2 heterocycles. The number of halogens is 1. The van der Waals surface area contributed by atoms with Gasteiger partial charge in [-0.1, -0.05) is 12.1 Å². The second-order valence-corrected chi connectivity index (χ2v) is 4.85. The number of benzene rings is 1. The lowest BCUT2D eigenvalue weighted by molar-refractivity contribution is 0.627. The highest BCUT2D eigenvalue weighted by Crippen LogP contribution is 2.16. The van der Waals surface area contributed by atoms with E-state index in [1.165, 1.54) is 23.5 Å². The van der Waals surface area contributed by atoms with Gasteiger partial charge in [0, 0.05) is 11.8 Å². The van der Waals surface area contributed by atoms with Crippen molar-refractivity contribution in [3.8, 4) is 0 Å². The molecule has 0 fully saturated rings. The van der Waals surface area contributed by atoms with Crippen LogP contribution in [0.25, 0.3) is 4.96 Å². The summed E-state index contributed by atoms with van der Waals surface area (Å²) in [6.45, 7) is 0. The summed E-state index contributed by atoms with van der Waals surface area (Å²) >= 11 is 1.47. The van der Waals surface area contributed by atoms with Crippen molar-refractivity contribution in [2.24, 2.45) is 0 Å². The number of hydrogen-bond donors (Lipinski definition) is 1. The van der Waals surface area contributed by atoms with Gasteiger partial charge in [-0.2, -0.15) is 4.52 Å². The Bertz CT molecular complexity index is 671. The molecule has 0 aliphatic heterocycles. The first kappa shape index (κ1) is 11.2. The van der Waals surface area contributed by atoms with Crippen molar-refractivity contribution in [3.05, 3.63) is 46.9 Å². The number of nitrogens with two attached hydrogens (primary N) is 1. The minimum absolute atomic E-state index is 0.216. The number of nitrogen functional groups attached to an aromatic ring is 1. The van der Waals surface area contributed by atoms with E-state index < -0.39 is 0 Å². The first-order valence-electron chi connectivity index (χ1n) is 5.55. The SMILES string of the molecule is Nc1csc2nc(CCc3ccc(F)cc3)nn12. The van der Waals surface area contributed by atoms with Crippen molar-refractivity contribution in [3.63, 3.8) is 0 Å². The molecule has 0 aliphatic rings. The normalized spacial score (nSPS) is 11.2. The van der Waals surface area contributed by atoms with Gasteiger partial charge >= 0.3 is 0 Å². The first-order valence-corrected chi connectivity index (χ1v) is 6.43. The van der Waals surface area contributed by atoms with Crippen LogP contribution in [-0.2, 0) is 12.8 Å². The Balaban J connectivity index is 1.74. The average molecular weight is 262 g/mol. The van der Waals surface area contributed by atoms with Crippen LogP contribution in [0.2, 0.25) is 0 Å². The third kappa shape index (κ3) is 2.06. The quantitative estimate of drug-likeness (QED) is 0.788. The highest BCUT2D eigenvalue weighted by molar-refractivity contribution is 7.15. The minimum Gasteiger partial charge on any atom is -0.383 e. The van der Waals surface area contributed by atoms with E-state index in [1.807, 2.05) is 5.38 Å². The fourth-order valence-corrected chi connectivity index (χ4v) is 2.49. The molecule has 0 spiro atoms. The molecule has 0 amide bonds. The molecule has 3 aromatic rings. The predicted molar refractivity (Wildman–Crippen MR) is 69.1 cm³/mol. The number of nitrogens with zero attached hydrogens (tertiary/aromatic N) is 3. The summed E-state index contributed by atoms with van der Waals surface area (Å²) in [6, 6.07) is 6.49. The molecule has 18 heavy (non-hydrogen) atoms. The zero-order valence-electron chi connectivity index (χ0n) is 9.51. The van der Waals surface area contributed by atoms with Gasteiger partial charge in [-0.15, -0.1) is 16.4 Å². The van der Waals surface area contributed by atoms with Crippen LogP contribution in [0.15, 0.2) is 29.6 Å². The molecule has 0 atom stereocenters. The van der Waals surface area contributed by atoms with Gasteiger partial charge in [0.1, 0.15) is 11.6 Å². The van der Waals surface area contributed by atoms with Gasteiger partial charge in [-0.25, -0.2) is 9.37 Å². The highest BCUT2D eigenvalue weighted by Gasteiger charge is 2.07.